The molecule has 0 unspecified atom stereocenters. The highest BCUT2D eigenvalue weighted by atomic mass is 16.5. The van der Waals surface area contributed by atoms with Gasteiger partial charge in [-0.15, -0.1) is 0 Å². The van der Waals surface area contributed by atoms with Gasteiger partial charge >= 0.3 is 0 Å². The molecule has 4 nitrogen and oxygen atoms in total. The molecule has 0 bridgehead atoms. The third-order valence-electron chi connectivity index (χ3n) is 3.04. The Bertz CT molecular complexity index is 568. The van der Waals surface area contributed by atoms with E-state index < -0.39 is 0 Å². The van der Waals surface area contributed by atoms with Crippen molar-refractivity contribution in [2.24, 2.45) is 0 Å². The van der Waals surface area contributed by atoms with Crippen LogP contribution in [-0.4, -0.2) is 16.0 Å². The van der Waals surface area contributed by atoms with Gasteiger partial charge in [-0.25, -0.2) is 4.98 Å². The van der Waals surface area contributed by atoms with Gasteiger partial charge in [-0.1, -0.05) is 27.7 Å². The third kappa shape index (κ3) is 4.83. The van der Waals surface area contributed by atoms with Gasteiger partial charge in [0.05, 0.1) is 6.20 Å². The largest absolute Gasteiger partial charge is 0.437 e. The molecule has 21 heavy (non-hydrogen) atoms. The van der Waals surface area contributed by atoms with Gasteiger partial charge in [0.1, 0.15) is 5.75 Å². The Morgan fingerprint density at radius 2 is 2.00 bits per heavy atom. The lowest BCUT2D eigenvalue weighted by molar-refractivity contribution is 0.455. The van der Waals surface area contributed by atoms with E-state index in [1.807, 2.05) is 18.2 Å². The summed E-state index contributed by atoms with van der Waals surface area (Å²) in [6, 6.07) is 8.29. The summed E-state index contributed by atoms with van der Waals surface area (Å²) >= 11 is 0. The lowest BCUT2D eigenvalue weighted by Crippen LogP contribution is -2.22. The maximum atomic E-state index is 5.82. The van der Waals surface area contributed by atoms with Crippen LogP contribution in [0.25, 0.3) is 0 Å². The number of nitrogens with zero attached hydrogens (tertiary/aromatic N) is 2. The van der Waals surface area contributed by atoms with Crippen LogP contribution in [0, 0.1) is 0 Å². The van der Waals surface area contributed by atoms with Crippen molar-refractivity contribution >= 4 is 0 Å². The molecule has 2 aromatic rings. The second-order valence-electron chi connectivity index (χ2n) is 5.72. The van der Waals surface area contributed by atoms with Gasteiger partial charge in [-0.3, -0.25) is 4.98 Å². The average molecular weight is 285 g/mol. The van der Waals surface area contributed by atoms with Crippen LogP contribution in [0.3, 0.4) is 0 Å². The third-order valence-corrected chi connectivity index (χ3v) is 3.04. The SMILES string of the molecule is CC(C)NCc1cc(Oc2cccnc2)nc(C(C)C)c1. The van der Waals surface area contributed by atoms with Crippen LogP contribution in [0.5, 0.6) is 11.6 Å². The van der Waals surface area contributed by atoms with Gasteiger partial charge < -0.3 is 10.1 Å². The van der Waals surface area contributed by atoms with Gasteiger partial charge in [0.25, 0.3) is 0 Å². The number of hydrogen-bond acceptors (Lipinski definition) is 4. The van der Waals surface area contributed by atoms with E-state index in [1.165, 1.54) is 5.56 Å². The Labute approximate surface area is 126 Å². The van der Waals surface area contributed by atoms with E-state index in [0.29, 0.717) is 23.6 Å². The summed E-state index contributed by atoms with van der Waals surface area (Å²) in [4.78, 5) is 8.63. The maximum Gasteiger partial charge on any atom is 0.219 e. The molecule has 2 rings (SSSR count). The Morgan fingerprint density at radius 1 is 1.19 bits per heavy atom. The smallest absolute Gasteiger partial charge is 0.219 e. The Kier molecular flexibility index (Phi) is 5.28. The Morgan fingerprint density at radius 3 is 2.62 bits per heavy atom. The van der Waals surface area contributed by atoms with E-state index in [9.17, 15) is 0 Å². The van der Waals surface area contributed by atoms with Crippen molar-refractivity contribution < 1.29 is 4.74 Å². The monoisotopic (exact) mass is 285 g/mol. The number of rotatable bonds is 6. The molecule has 0 aromatic carbocycles. The van der Waals surface area contributed by atoms with E-state index in [0.717, 1.165) is 12.2 Å². The van der Waals surface area contributed by atoms with Crippen molar-refractivity contribution in [1.29, 1.82) is 0 Å². The number of hydrogen-bond donors (Lipinski definition) is 1. The van der Waals surface area contributed by atoms with Crippen LogP contribution < -0.4 is 10.1 Å². The Balaban J connectivity index is 2.23. The molecule has 2 aromatic heterocycles. The molecule has 0 aliphatic heterocycles. The lowest BCUT2D eigenvalue weighted by Gasteiger charge is -2.13. The van der Waals surface area contributed by atoms with Gasteiger partial charge in [-0.05, 0) is 29.7 Å². The minimum absolute atomic E-state index is 0.361. The number of ether oxygens (including phenoxy) is 1. The molecule has 0 saturated carbocycles. The van der Waals surface area contributed by atoms with Crippen LogP contribution in [0.4, 0.5) is 0 Å². The van der Waals surface area contributed by atoms with Gasteiger partial charge in [0, 0.05) is 30.5 Å². The first-order chi connectivity index (χ1) is 10.0. The molecular formula is C17H23N3O. The fourth-order valence-corrected chi connectivity index (χ4v) is 1.88. The van der Waals surface area contributed by atoms with Crippen molar-refractivity contribution in [3.63, 3.8) is 0 Å². The lowest BCUT2D eigenvalue weighted by atomic mass is 10.1. The van der Waals surface area contributed by atoms with Crippen molar-refractivity contribution in [1.82, 2.24) is 15.3 Å². The van der Waals surface area contributed by atoms with Crippen molar-refractivity contribution in [3.8, 4) is 11.6 Å². The van der Waals surface area contributed by atoms with E-state index in [2.05, 4.69) is 49.0 Å². The van der Waals surface area contributed by atoms with Crippen LogP contribution >= 0.6 is 0 Å². The number of pyridine rings is 2. The first kappa shape index (κ1) is 15.4. The summed E-state index contributed by atoms with van der Waals surface area (Å²) in [6.07, 6.45) is 3.42. The van der Waals surface area contributed by atoms with Crippen LogP contribution in [0.15, 0.2) is 36.7 Å². The van der Waals surface area contributed by atoms with Crippen LogP contribution in [0.2, 0.25) is 0 Å². The van der Waals surface area contributed by atoms with E-state index in [4.69, 9.17) is 4.74 Å². The summed E-state index contributed by atoms with van der Waals surface area (Å²) in [6.45, 7) is 9.35. The molecule has 0 amide bonds. The standard InChI is InChI=1S/C17H23N3O/c1-12(2)16-8-14(10-19-13(3)4)9-17(20-16)21-15-6-5-7-18-11-15/h5-9,11-13,19H,10H2,1-4H3. The second-order valence-corrected chi connectivity index (χ2v) is 5.72. The zero-order valence-electron chi connectivity index (χ0n) is 13.1. The van der Waals surface area contributed by atoms with Gasteiger partial charge in [0.2, 0.25) is 5.88 Å². The molecule has 1 N–H and O–H groups in total. The molecule has 0 aliphatic rings. The minimum atomic E-state index is 0.361. The molecule has 0 atom stereocenters. The summed E-state index contributed by atoms with van der Waals surface area (Å²) in [5.74, 6) is 1.68. The zero-order valence-corrected chi connectivity index (χ0v) is 13.1. The fourth-order valence-electron chi connectivity index (χ4n) is 1.88. The maximum absolute atomic E-state index is 5.82. The molecule has 0 spiro atoms. The fraction of sp³-hybridized carbons (Fsp3) is 0.412. The molecule has 112 valence electrons. The van der Waals surface area contributed by atoms with E-state index in [1.54, 1.807) is 12.4 Å². The zero-order chi connectivity index (χ0) is 15.2. The molecular weight excluding hydrogens is 262 g/mol. The number of nitrogens with one attached hydrogen (secondary N) is 1. The second kappa shape index (κ2) is 7.18. The minimum Gasteiger partial charge on any atom is -0.437 e. The van der Waals surface area contributed by atoms with Gasteiger partial charge in [0.15, 0.2) is 0 Å². The number of aromatic nitrogens is 2. The predicted octanol–water partition coefficient (Wildman–Crippen LogP) is 3.89. The molecule has 0 aliphatic carbocycles. The predicted molar refractivity (Wildman–Crippen MR) is 84.6 cm³/mol. The highest BCUT2D eigenvalue weighted by Gasteiger charge is 2.08. The van der Waals surface area contributed by atoms with Crippen LogP contribution in [-0.2, 0) is 6.54 Å². The Hall–Kier alpha value is -1.94. The highest BCUT2D eigenvalue weighted by molar-refractivity contribution is 5.30. The van der Waals surface area contributed by atoms with E-state index >= 15 is 0 Å². The van der Waals surface area contributed by atoms with Gasteiger partial charge in [-0.2, -0.15) is 0 Å². The van der Waals surface area contributed by atoms with Crippen molar-refractivity contribution in [2.75, 3.05) is 0 Å². The topological polar surface area (TPSA) is 47.0 Å². The molecule has 2 heterocycles. The van der Waals surface area contributed by atoms with E-state index in [-0.39, 0.29) is 0 Å². The molecule has 0 fully saturated rings. The molecule has 0 saturated heterocycles. The van der Waals surface area contributed by atoms with Crippen LogP contribution in [0.1, 0.15) is 44.9 Å². The summed E-state index contributed by atoms with van der Waals surface area (Å²) in [7, 11) is 0. The summed E-state index contributed by atoms with van der Waals surface area (Å²) < 4.78 is 5.82. The molecule has 4 heteroatoms. The average Bonchev–Trinajstić information content (AvgIpc) is 2.46. The first-order valence-electron chi connectivity index (χ1n) is 7.36. The normalized spacial score (nSPS) is 11.1. The highest BCUT2D eigenvalue weighted by Crippen LogP contribution is 2.23. The summed E-state index contributed by atoms with van der Waals surface area (Å²) in [5.41, 5.74) is 2.22. The first-order valence-corrected chi connectivity index (χ1v) is 7.36. The molecule has 0 radical (unpaired) electrons. The van der Waals surface area contributed by atoms with Crippen molar-refractivity contribution in [2.45, 2.75) is 46.2 Å². The summed E-state index contributed by atoms with van der Waals surface area (Å²) in [5, 5.41) is 3.42. The quantitative estimate of drug-likeness (QED) is 0.874. The van der Waals surface area contributed by atoms with Crippen molar-refractivity contribution in [3.05, 3.63) is 47.9 Å².